The van der Waals surface area contributed by atoms with Crippen LogP contribution in [-0.2, 0) is 32.6 Å². The molecule has 0 saturated heterocycles. The molecule has 10 nitrogen and oxygen atoms in total. The van der Waals surface area contributed by atoms with Gasteiger partial charge in [-0.25, -0.2) is 8.42 Å². The fourth-order valence-corrected chi connectivity index (χ4v) is 5.43. The second-order valence-electron chi connectivity index (χ2n) is 8.87. The van der Waals surface area contributed by atoms with Crippen molar-refractivity contribution < 1.29 is 22.9 Å². The van der Waals surface area contributed by atoms with E-state index in [1.807, 2.05) is 18.2 Å². The maximum absolute atomic E-state index is 14.0. The van der Waals surface area contributed by atoms with Crippen LogP contribution in [0.4, 0.5) is 11.4 Å². The molecule has 1 N–H and O–H groups in total. The van der Waals surface area contributed by atoms with Gasteiger partial charge in [0.05, 0.1) is 16.9 Å². The van der Waals surface area contributed by atoms with Gasteiger partial charge in [0.15, 0.2) is 0 Å². The topological polar surface area (TPSA) is 130 Å². The largest absolute Gasteiger partial charge is 0.355 e. The van der Waals surface area contributed by atoms with Crippen LogP contribution in [0.2, 0.25) is 10.0 Å². The fourth-order valence-electron chi connectivity index (χ4n) is 4.08. The maximum Gasteiger partial charge on any atom is 0.271 e. The van der Waals surface area contributed by atoms with Gasteiger partial charge in [0.1, 0.15) is 12.6 Å². The van der Waals surface area contributed by atoms with Gasteiger partial charge in [-0.2, -0.15) is 0 Å². The predicted molar refractivity (Wildman–Crippen MR) is 155 cm³/mol. The highest BCUT2D eigenvalue weighted by Gasteiger charge is 2.33. The summed E-state index contributed by atoms with van der Waals surface area (Å²) >= 11 is 12.8. The average Bonchev–Trinajstić information content (AvgIpc) is 2.90. The highest BCUT2D eigenvalue weighted by molar-refractivity contribution is 7.92. The number of likely N-dealkylation sites (N-methyl/N-ethyl adjacent to an activating group) is 1. The number of halogens is 2. The van der Waals surface area contributed by atoms with E-state index >= 15 is 0 Å². The minimum atomic E-state index is -4.08. The van der Waals surface area contributed by atoms with Gasteiger partial charge in [0.2, 0.25) is 21.8 Å². The van der Waals surface area contributed by atoms with E-state index < -0.39 is 39.3 Å². The first kappa shape index (κ1) is 30.9. The molecule has 3 rings (SSSR count). The van der Waals surface area contributed by atoms with Crippen LogP contribution < -0.4 is 9.62 Å². The standard InChI is InChI=1S/C27H28Cl2N4O6S/c1-3-30-27(35)25(15-19-9-5-4-6-10-19)31(17-22-23(28)13-8-14-24(22)29)26(34)18-32(40(2,38)39)20-11-7-12-21(16-20)33(36)37/h4-14,16,25H,3,15,17-18H2,1-2H3,(H,30,35). The smallest absolute Gasteiger partial charge is 0.271 e. The van der Waals surface area contributed by atoms with Gasteiger partial charge in [0.25, 0.3) is 5.69 Å². The van der Waals surface area contributed by atoms with Crippen molar-refractivity contribution in [3.63, 3.8) is 0 Å². The molecule has 13 heteroatoms. The first-order valence-electron chi connectivity index (χ1n) is 12.2. The quantitative estimate of drug-likeness (QED) is 0.239. The molecule has 212 valence electrons. The normalized spacial score (nSPS) is 11.9. The van der Waals surface area contributed by atoms with Crippen molar-refractivity contribution in [1.29, 1.82) is 0 Å². The van der Waals surface area contributed by atoms with E-state index in [0.717, 1.165) is 22.2 Å². The van der Waals surface area contributed by atoms with Gasteiger partial charge in [-0.1, -0.05) is 65.7 Å². The van der Waals surface area contributed by atoms with E-state index in [1.54, 1.807) is 37.3 Å². The summed E-state index contributed by atoms with van der Waals surface area (Å²) in [5.41, 5.74) is 0.726. The Morgan fingerprint density at radius 3 is 2.20 bits per heavy atom. The van der Waals surface area contributed by atoms with Crippen molar-refractivity contribution >= 4 is 56.4 Å². The van der Waals surface area contributed by atoms with Crippen molar-refractivity contribution in [2.75, 3.05) is 23.7 Å². The monoisotopic (exact) mass is 606 g/mol. The number of sulfonamides is 1. The number of rotatable bonds is 12. The number of carbonyl (C=O) groups is 2. The second kappa shape index (κ2) is 13.6. The van der Waals surface area contributed by atoms with Gasteiger partial charge in [0, 0.05) is 47.3 Å². The van der Waals surface area contributed by atoms with Crippen LogP contribution in [0.3, 0.4) is 0 Å². The van der Waals surface area contributed by atoms with Crippen molar-refractivity contribution in [2.45, 2.75) is 25.9 Å². The van der Waals surface area contributed by atoms with Crippen molar-refractivity contribution in [3.05, 3.63) is 104 Å². The number of nitro benzene ring substituents is 1. The summed E-state index contributed by atoms with van der Waals surface area (Å²) in [5.74, 6) is -1.19. The summed E-state index contributed by atoms with van der Waals surface area (Å²) in [7, 11) is -4.08. The molecule has 0 bridgehead atoms. The Hall–Kier alpha value is -3.67. The van der Waals surface area contributed by atoms with Gasteiger partial charge in [-0.15, -0.1) is 0 Å². The summed E-state index contributed by atoms with van der Waals surface area (Å²) < 4.78 is 26.4. The summed E-state index contributed by atoms with van der Waals surface area (Å²) in [6.45, 7) is 1.11. The van der Waals surface area contributed by atoms with E-state index in [9.17, 15) is 28.1 Å². The maximum atomic E-state index is 14.0. The lowest BCUT2D eigenvalue weighted by molar-refractivity contribution is -0.384. The highest BCUT2D eigenvalue weighted by atomic mass is 35.5. The molecule has 0 fully saturated rings. The van der Waals surface area contributed by atoms with E-state index in [0.29, 0.717) is 12.1 Å². The number of nitrogens with zero attached hydrogens (tertiary/aromatic N) is 3. The zero-order valence-corrected chi connectivity index (χ0v) is 24.1. The molecule has 0 aliphatic heterocycles. The lowest BCUT2D eigenvalue weighted by Gasteiger charge is -2.33. The number of anilines is 1. The van der Waals surface area contributed by atoms with Gasteiger partial charge in [-0.3, -0.25) is 24.0 Å². The molecule has 3 aromatic rings. The van der Waals surface area contributed by atoms with Crippen LogP contribution in [-0.4, -0.2) is 55.4 Å². The van der Waals surface area contributed by atoms with Crippen LogP contribution in [0.15, 0.2) is 72.8 Å². The van der Waals surface area contributed by atoms with Crippen molar-refractivity contribution in [1.82, 2.24) is 10.2 Å². The molecule has 0 heterocycles. The Balaban J connectivity index is 2.10. The minimum absolute atomic E-state index is 0.0709. The van der Waals surface area contributed by atoms with E-state index in [2.05, 4.69) is 5.32 Å². The third-order valence-corrected chi connectivity index (χ3v) is 7.87. The number of carbonyl (C=O) groups excluding carboxylic acids is 2. The zero-order chi connectivity index (χ0) is 29.4. The number of non-ortho nitro benzene ring substituents is 1. The molecule has 0 aromatic heterocycles. The Bertz CT molecular complexity index is 1470. The van der Waals surface area contributed by atoms with Crippen molar-refractivity contribution in [2.24, 2.45) is 0 Å². The average molecular weight is 608 g/mol. The fraction of sp³-hybridized carbons (Fsp3) is 0.259. The molecule has 0 aliphatic rings. The molecule has 0 aliphatic carbocycles. The van der Waals surface area contributed by atoms with Crippen molar-refractivity contribution in [3.8, 4) is 0 Å². The zero-order valence-electron chi connectivity index (χ0n) is 21.8. The Morgan fingerprint density at radius 1 is 1.00 bits per heavy atom. The summed E-state index contributed by atoms with van der Waals surface area (Å²) in [6.07, 6.45) is 1.01. The lowest BCUT2D eigenvalue weighted by atomic mass is 10.0. The van der Waals surface area contributed by atoms with E-state index in [-0.39, 0.29) is 34.4 Å². The molecule has 0 spiro atoms. The Labute approximate surface area is 242 Å². The third kappa shape index (κ3) is 7.93. The van der Waals surface area contributed by atoms with Crippen LogP contribution in [0.1, 0.15) is 18.1 Å². The number of hydrogen-bond donors (Lipinski definition) is 1. The highest BCUT2D eigenvalue weighted by Crippen LogP contribution is 2.28. The van der Waals surface area contributed by atoms with Crippen LogP contribution in [0.25, 0.3) is 0 Å². The molecule has 1 unspecified atom stereocenters. The summed E-state index contributed by atoms with van der Waals surface area (Å²) in [6, 6.07) is 17.7. The van der Waals surface area contributed by atoms with Gasteiger partial charge < -0.3 is 10.2 Å². The first-order valence-corrected chi connectivity index (χ1v) is 14.8. The second-order valence-corrected chi connectivity index (χ2v) is 11.6. The molecule has 3 aromatic carbocycles. The number of nitrogens with one attached hydrogen (secondary N) is 1. The first-order chi connectivity index (χ1) is 18.9. The SMILES string of the molecule is CCNC(=O)C(Cc1ccccc1)N(Cc1c(Cl)cccc1Cl)C(=O)CN(c1cccc([N+](=O)[O-])c1)S(C)(=O)=O. The third-order valence-electron chi connectivity index (χ3n) is 6.02. The number of benzene rings is 3. The minimum Gasteiger partial charge on any atom is -0.355 e. The Kier molecular flexibility index (Phi) is 10.5. The lowest BCUT2D eigenvalue weighted by Crippen LogP contribution is -2.53. The summed E-state index contributed by atoms with van der Waals surface area (Å²) in [5, 5.41) is 14.6. The Morgan fingerprint density at radius 2 is 1.62 bits per heavy atom. The molecular weight excluding hydrogens is 579 g/mol. The molecule has 2 amide bonds. The van der Waals surface area contributed by atoms with E-state index in [4.69, 9.17) is 23.2 Å². The van der Waals surface area contributed by atoms with Gasteiger partial charge in [-0.05, 0) is 30.7 Å². The molecule has 1 atom stereocenters. The molecular formula is C27H28Cl2N4O6S. The molecule has 40 heavy (non-hydrogen) atoms. The van der Waals surface area contributed by atoms with Crippen LogP contribution in [0, 0.1) is 10.1 Å². The number of hydrogen-bond acceptors (Lipinski definition) is 6. The van der Waals surface area contributed by atoms with Crippen LogP contribution >= 0.6 is 23.2 Å². The van der Waals surface area contributed by atoms with Gasteiger partial charge >= 0.3 is 0 Å². The molecule has 0 radical (unpaired) electrons. The summed E-state index contributed by atoms with van der Waals surface area (Å²) in [4.78, 5) is 39.2. The predicted octanol–water partition coefficient (Wildman–Crippen LogP) is 4.44. The number of amides is 2. The van der Waals surface area contributed by atoms with Crippen LogP contribution in [0.5, 0.6) is 0 Å². The number of nitro groups is 1. The molecule has 0 saturated carbocycles. The van der Waals surface area contributed by atoms with E-state index in [1.165, 1.54) is 23.1 Å².